The standard InChI is InChI=1S/C16H26BrN3O/c1-3-18-13-14-12-15(4-5-16(14)17)21-11-10-20-8-6-19(2)7-9-20/h4-5,12,18H,3,6-11,13H2,1-2H3. The first-order valence-electron chi connectivity index (χ1n) is 7.72. The number of hydrogen-bond donors (Lipinski definition) is 1. The Balaban J connectivity index is 1.77. The van der Waals surface area contributed by atoms with Gasteiger partial charge < -0.3 is 15.0 Å². The molecule has 1 aliphatic rings. The molecule has 0 saturated carbocycles. The van der Waals surface area contributed by atoms with E-state index in [9.17, 15) is 0 Å². The van der Waals surface area contributed by atoms with Crippen molar-refractivity contribution in [3.8, 4) is 5.75 Å². The Morgan fingerprint density at radius 3 is 2.71 bits per heavy atom. The van der Waals surface area contributed by atoms with E-state index < -0.39 is 0 Å². The van der Waals surface area contributed by atoms with Crippen molar-refractivity contribution < 1.29 is 4.74 Å². The monoisotopic (exact) mass is 355 g/mol. The predicted molar refractivity (Wildman–Crippen MR) is 91.0 cm³/mol. The van der Waals surface area contributed by atoms with Crippen LogP contribution < -0.4 is 10.1 Å². The van der Waals surface area contributed by atoms with Crippen LogP contribution in [0.15, 0.2) is 22.7 Å². The van der Waals surface area contributed by atoms with Crippen LogP contribution in [0.2, 0.25) is 0 Å². The zero-order chi connectivity index (χ0) is 15.1. The van der Waals surface area contributed by atoms with E-state index in [1.165, 1.54) is 5.56 Å². The van der Waals surface area contributed by atoms with Crippen LogP contribution >= 0.6 is 15.9 Å². The minimum atomic E-state index is 0.756. The van der Waals surface area contributed by atoms with Crippen LogP contribution in [0.1, 0.15) is 12.5 Å². The Bertz CT molecular complexity index is 434. The first kappa shape index (κ1) is 16.7. The zero-order valence-electron chi connectivity index (χ0n) is 13.1. The first-order valence-corrected chi connectivity index (χ1v) is 8.51. The number of rotatable bonds is 7. The van der Waals surface area contributed by atoms with Gasteiger partial charge in [0, 0.05) is 43.7 Å². The van der Waals surface area contributed by atoms with Crippen LogP contribution in [-0.2, 0) is 6.54 Å². The van der Waals surface area contributed by atoms with Gasteiger partial charge in [0.15, 0.2) is 0 Å². The molecule has 0 aromatic heterocycles. The van der Waals surface area contributed by atoms with Crippen molar-refractivity contribution in [2.75, 3.05) is 52.9 Å². The molecule has 2 rings (SSSR count). The Labute approximate surface area is 136 Å². The summed E-state index contributed by atoms with van der Waals surface area (Å²) in [5, 5.41) is 3.35. The van der Waals surface area contributed by atoms with Crippen molar-refractivity contribution in [1.82, 2.24) is 15.1 Å². The molecule has 1 aliphatic heterocycles. The topological polar surface area (TPSA) is 27.7 Å². The van der Waals surface area contributed by atoms with Crippen molar-refractivity contribution in [3.05, 3.63) is 28.2 Å². The van der Waals surface area contributed by atoms with E-state index in [0.717, 1.165) is 62.6 Å². The fourth-order valence-electron chi connectivity index (χ4n) is 2.40. The van der Waals surface area contributed by atoms with Gasteiger partial charge in [0.25, 0.3) is 0 Å². The number of piperazine rings is 1. The van der Waals surface area contributed by atoms with E-state index in [4.69, 9.17) is 4.74 Å². The van der Waals surface area contributed by atoms with Crippen molar-refractivity contribution in [2.45, 2.75) is 13.5 Å². The molecule has 0 radical (unpaired) electrons. The Morgan fingerprint density at radius 1 is 1.24 bits per heavy atom. The van der Waals surface area contributed by atoms with Gasteiger partial charge in [-0.05, 0) is 37.4 Å². The molecule has 0 spiro atoms. The first-order chi connectivity index (χ1) is 10.2. The molecule has 0 atom stereocenters. The SMILES string of the molecule is CCNCc1cc(OCCN2CCN(C)CC2)ccc1Br. The van der Waals surface area contributed by atoms with Crippen LogP contribution in [0.5, 0.6) is 5.75 Å². The molecule has 1 aromatic rings. The van der Waals surface area contributed by atoms with Crippen LogP contribution in [0.3, 0.4) is 0 Å². The minimum Gasteiger partial charge on any atom is -0.492 e. The Morgan fingerprint density at radius 2 is 2.00 bits per heavy atom. The third-order valence-corrected chi connectivity index (χ3v) is 4.63. The molecule has 118 valence electrons. The molecule has 1 fully saturated rings. The molecule has 0 bridgehead atoms. The van der Waals surface area contributed by atoms with E-state index in [1.54, 1.807) is 0 Å². The van der Waals surface area contributed by atoms with Crippen molar-refractivity contribution in [2.24, 2.45) is 0 Å². The van der Waals surface area contributed by atoms with Crippen molar-refractivity contribution >= 4 is 15.9 Å². The molecule has 21 heavy (non-hydrogen) atoms. The highest BCUT2D eigenvalue weighted by molar-refractivity contribution is 9.10. The lowest BCUT2D eigenvalue weighted by Crippen LogP contribution is -2.45. The molecule has 0 aliphatic carbocycles. The zero-order valence-corrected chi connectivity index (χ0v) is 14.7. The average molecular weight is 356 g/mol. The van der Waals surface area contributed by atoms with Crippen LogP contribution in [0, 0.1) is 0 Å². The van der Waals surface area contributed by atoms with E-state index in [0.29, 0.717) is 0 Å². The van der Waals surface area contributed by atoms with Crippen LogP contribution in [0.25, 0.3) is 0 Å². The van der Waals surface area contributed by atoms with Gasteiger partial charge in [-0.15, -0.1) is 0 Å². The van der Waals surface area contributed by atoms with Crippen LogP contribution in [-0.4, -0.2) is 62.7 Å². The molecular weight excluding hydrogens is 330 g/mol. The maximum Gasteiger partial charge on any atom is 0.119 e. The predicted octanol–water partition coefficient (Wildman–Crippen LogP) is 2.18. The molecule has 5 heteroatoms. The van der Waals surface area contributed by atoms with Gasteiger partial charge in [0.05, 0.1) is 0 Å². The summed E-state index contributed by atoms with van der Waals surface area (Å²) in [6, 6.07) is 6.22. The summed E-state index contributed by atoms with van der Waals surface area (Å²) >= 11 is 3.59. The lowest BCUT2D eigenvalue weighted by Gasteiger charge is -2.32. The second kappa shape index (κ2) is 8.73. The third-order valence-electron chi connectivity index (χ3n) is 3.85. The summed E-state index contributed by atoms with van der Waals surface area (Å²) in [5.41, 5.74) is 1.24. The van der Waals surface area contributed by atoms with Gasteiger partial charge in [-0.1, -0.05) is 22.9 Å². The van der Waals surface area contributed by atoms with Gasteiger partial charge in [-0.3, -0.25) is 4.90 Å². The smallest absolute Gasteiger partial charge is 0.119 e. The van der Waals surface area contributed by atoms with Gasteiger partial charge in [0.1, 0.15) is 12.4 Å². The summed E-state index contributed by atoms with van der Waals surface area (Å²) in [6.07, 6.45) is 0. The third kappa shape index (κ3) is 5.58. The normalized spacial score (nSPS) is 17.1. The second-order valence-electron chi connectivity index (χ2n) is 5.53. The number of ether oxygens (including phenoxy) is 1. The highest BCUT2D eigenvalue weighted by Gasteiger charge is 2.13. The fraction of sp³-hybridized carbons (Fsp3) is 0.625. The van der Waals surface area contributed by atoms with E-state index in [-0.39, 0.29) is 0 Å². The molecule has 1 aromatic carbocycles. The Hall–Kier alpha value is -0.620. The number of benzene rings is 1. The van der Waals surface area contributed by atoms with Gasteiger partial charge >= 0.3 is 0 Å². The fourth-order valence-corrected chi connectivity index (χ4v) is 2.79. The molecule has 1 saturated heterocycles. The number of hydrogen-bond acceptors (Lipinski definition) is 4. The molecule has 0 amide bonds. The maximum atomic E-state index is 5.91. The van der Waals surface area contributed by atoms with E-state index >= 15 is 0 Å². The van der Waals surface area contributed by atoms with Crippen LogP contribution in [0.4, 0.5) is 0 Å². The van der Waals surface area contributed by atoms with E-state index in [1.807, 2.05) is 6.07 Å². The highest BCUT2D eigenvalue weighted by atomic mass is 79.9. The number of halogens is 1. The molecule has 4 nitrogen and oxygen atoms in total. The number of nitrogens with zero attached hydrogens (tertiary/aromatic N) is 2. The highest BCUT2D eigenvalue weighted by Crippen LogP contribution is 2.22. The summed E-state index contributed by atoms with van der Waals surface area (Å²) in [6.45, 7) is 10.3. The molecule has 1 N–H and O–H groups in total. The molecular formula is C16H26BrN3O. The van der Waals surface area contributed by atoms with Gasteiger partial charge in [0.2, 0.25) is 0 Å². The molecule has 0 unspecified atom stereocenters. The van der Waals surface area contributed by atoms with Gasteiger partial charge in [-0.25, -0.2) is 0 Å². The average Bonchev–Trinajstić information content (AvgIpc) is 2.49. The summed E-state index contributed by atoms with van der Waals surface area (Å²) < 4.78 is 7.04. The van der Waals surface area contributed by atoms with E-state index in [2.05, 4.69) is 57.2 Å². The summed E-state index contributed by atoms with van der Waals surface area (Å²) in [5.74, 6) is 0.959. The summed E-state index contributed by atoms with van der Waals surface area (Å²) in [7, 11) is 2.18. The number of nitrogens with one attached hydrogen (secondary N) is 1. The largest absolute Gasteiger partial charge is 0.492 e. The minimum absolute atomic E-state index is 0.756. The maximum absolute atomic E-state index is 5.91. The lowest BCUT2D eigenvalue weighted by molar-refractivity contribution is 0.133. The van der Waals surface area contributed by atoms with Crippen molar-refractivity contribution in [1.29, 1.82) is 0 Å². The second-order valence-corrected chi connectivity index (χ2v) is 6.38. The number of likely N-dealkylation sites (N-methyl/N-ethyl adjacent to an activating group) is 1. The lowest BCUT2D eigenvalue weighted by atomic mass is 10.2. The quantitative estimate of drug-likeness (QED) is 0.811. The van der Waals surface area contributed by atoms with Crippen molar-refractivity contribution in [3.63, 3.8) is 0 Å². The molecule has 1 heterocycles. The Kier molecular flexibility index (Phi) is 6.96. The summed E-state index contributed by atoms with van der Waals surface area (Å²) in [4.78, 5) is 4.84. The van der Waals surface area contributed by atoms with Gasteiger partial charge in [-0.2, -0.15) is 0 Å².